The maximum atomic E-state index is 12.0. The topological polar surface area (TPSA) is 47.6 Å². The zero-order valence-corrected chi connectivity index (χ0v) is 10.9. The van der Waals surface area contributed by atoms with E-state index in [1.54, 1.807) is 0 Å². The van der Waals surface area contributed by atoms with Crippen LogP contribution in [0.15, 0.2) is 0 Å². The number of carbonyl (C=O) groups excluding carboxylic acids is 1. The molecule has 1 N–H and O–H groups in total. The Bertz CT molecular complexity index is 237. The van der Waals surface area contributed by atoms with Crippen molar-refractivity contribution in [3.05, 3.63) is 0 Å². The van der Waals surface area contributed by atoms with Crippen LogP contribution in [0.25, 0.3) is 0 Å². The first-order valence-corrected chi connectivity index (χ1v) is 5.91. The summed E-state index contributed by atoms with van der Waals surface area (Å²) in [7, 11) is 1.44. The number of ether oxygens (including phenoxy) is 2. The van der Waals surface area contributed by atoms with Crippen LogP contribution in [-0.2, 0) is 14.3 Å². The fourth-order valence-electron chi connectivity index (χ4n) is 2.65. The first kappa shape index (κ1) is 13.5. The Labute approximate surface area is 97.7 Å². The lowest BCUT2D eigenvalue weighted by Crippen LogP contribution is -2.60. The summed E-state index contributed by atoms with van der Waals surface area (Å²) in [6, 6.07) is 0.247. The molecule has 0 aliphatic carbocycles. The van der Waals surface area contributed by atoms with E-state index >= 15 is 0 Å². The van der Waals surface area contributed by atoms with E-state index in [2.05, 4.69) is 5.32 Å². The Morgan fingerprint density at radius 1 is 1.38 bits per heavy atom. The van der Waals surface area contributed by atoms with Crippen LogP contribution < -0.4 is 5.32 Å². The third-order valence-corrected chi connectivity index (χ3v) is 2.88. The number of methoxy groups -OCH3 is 1. The van der Waals surface area contributed by atoms with Crippen LogP contribution >= 0.6 is 0 Å². The highest BCUT2D eigenvalue weighted by Gasteiger charge is 2.45. The third kappa shape index (κ3) is 2.95. The Morgan fingerprint density at radius 2 is 1.88 bits per heavy atom. The first-order valence-electron chi connectivity index (χ1n) is 5.91. The molecule has 0 aromatic carbocycles. The molecule has 0 amide bonds. The van der Waals surface area contributed by atoms with Crippen molar-refractivity contribution in [1.29, 1.82) is 0 Å². The summed E-state index contributed by atoms with van der Waals surface area (Å²) in [6.07, 6.45) is 1.49. The normalized spacial score (nSPS) is 35.1. The molecule has 4 heteroatoms. The van der Waals surface area contributed by atoms with Gasteiger partial charge in [0.05, 0.1) is 19.3 Å². The predicted molar refractivity (Wildman–Crippen MR) is 62.3 cm³/mol. The molecule has 16 heavy (non-hydrogen) atoms. The molecule has 0 bridgehead atoms. The van der Waals surface area contributed by atoms with Crippen LogP contribution in [0.1, 0.15) is 40.5 Å². The largest absolute Gasteiger partial charge is 0.468 e. The summed E-state index contributed by atoms with van der Waals surface area (Å²) in [5.74, 6) is -0.178. The second kappa shape index (κ2) is 5.15. The van der Waals surface area contributed by atoms with Crippen molar-refractivity contribution in [2.24, 2.45) is 0 Å². The number of carbonyl (C=O) groups is 1. The van der Waals surface area contributed by atoms with Crippen molar-refractivity contribution < 1.29 is 14.3 Å². The summed E-state index contributed by atoms with van der Waals surface area (Å²) in [5.41, 5.74) is -0.583. The molecule has 0 spiro atoms. The Balaban J connectivity index is 2.88. The van der Waals surface area contributed by atoms with Crippen molar-refractivity contribution in [2.45, 2.75) is 64.3 Å². The standard InChI is InChI=1S/C12H23NO3/c1-8(2)13-12(11(14)15-5)6-9(3)16-10(4)7-12/h8-10,13H,6-7H2,1-5H3. The van der Waals surface area contributed by atoms with Crippen LogP contribution in [0.2, 0.25) is 0 Å². The van der Waals surface area contributed by atoms with E-state index in [1.165, 1.54) is 7.11 Å². The fourth-order valence-corrected chi connectivity index (χ4v) is 2.65. The van der Waals surface area contributed by atoms with Crippen molar-refractivity contribution in [2.75, 3.05) is 7.11 Å². The van der Waals surface area contributed by atoms with Crippen molar-refractivity contribution >= 4 is 5.97 Å². The molecule has 0 aromatic rings. The van der Waals surface area contributed by atoms with Gasteiger partial charge in [0.1, 0.15) is 5.54 Å². The fraction of sp³-hybridized carbons (Fsp3) is 0.917. The van der Waals surface area contributed by atoms with E-state index in [1.807, 2.05) is 27.7 Å². The summed E-state index contributed by atoms with van der Waals surface area (Å²) in [4.78, 5) is 12.0. The molecule has 0 radical (unpaired) electrons. The van der Waals surface area contributed by atoms with Crippen LogP contribution in [0, 0.1) is 0 Å². The highest BCUT2D eigenvalue weighted by Crippen LogP contribution is 2.30. The maximum absolute atomic E-state index is 12.0. The predicted octanol–water partition coefficient (Wildman–Crippen LogP) is 1.48. The van der Waals surface area contributed by atoms with Crippen LogP contribution in [0.3, 0.4) is 0 Å². The smallest absolute Gasteiger partial charge is 0.326 e. The minimum atomic E-state index is -0.583. The van der Waals surface area contributed by atoms with Gasteiger partial charge in [-0.25, -0.2) is 0 Å². The van der Waals surface area contributed by atoms with Gasteiger partial charge < -0.3 is 9.47 Å². The molecule has 0 aromatic heterocycles. The van der Waals surface area contributed by atoms with Gasteiger partial charge in [0.15, 0.2) is 0 Å². The molecular formula is C12H23NO3. The summed E-state index contributed by atoms with van der Waals surface area (Å²) >= 11 is 0. The van der Waals surface area contributed by atoms with E-state index in [9.17, 15) is 4.79 Å². The van der Waals surface area contributed by atoms with Crippen molar-refractivity contribution in [1.82, 2.24) is 5.32 Å². The SMILES string of the molecule is COC(=O)C1(NC(C)C)CC(C)OC(C)C1. The maximum Gasteiger partial charge on any atom is 0.326 e. The molecule has 1 aliphatic heterocycles. The summed E-state index contributed by atoms with van der Waals surface area (Å²) < 4.78 is 10.6. The van der Waals surface area contributed by atoms with Gasteiger partial charge in [0.2, 0.25) is 0 Å². The molecule has 94 valence electrons. The van der Waals surface area contributed by atoms with Gasteiger partial charge in [-0.3, -0.25) is 10.1 Å². The van der Waals surface area contributed by atoms with Crippen molar-refractivity contribution in [3.63, 3.8) is 0 Å². The van der Waals surface area contributed by atoms with E-state index < -0.39 is 5.54 Å². The van der Waals surface area contributed by atoms with Crippen LogP contribution in [-0.4, -0.2) is 36.9 Å². The Kier molecular flexibility index (Phi) is 4.33. The van der Waals surface area contributed by atoms with E-state index in [4.69, 9.17) is 9.47 Å². The van der Waals surface area contributed by atoms with E-state index in [-0.39, 0.29) is 24.2 Å². The third-order valence-electron chi connectivity index (χ3n) is 2.88. The number of nitrogens with one attached hydrogen (secondary N) is 1. The molecule has 2 unspecified atom stereocenters. The lowest BCUT2D eigenvalue weighted by molar-refractivity contribution is -0.160. The quantitative estimate of drug-likeness (QED) is 0.745. The van der Waals surface area contributed by atoms with E-state index in [0.29, 0.717) is 12.8 Å². The Hall–Kier alpha value is -0.610. The monoisotopic (exact) mass is 229 g/mol. The second-order valence-electron chi connectivity index (χ2n) is 5.04. The molecule has 1 aliphatic rings. The van der Waals surface area contributed by atoms with Crippen LogP contribution in [0.5, 0.6) is 0 Å². The number of hydrogen-bond acceptors (Lipinski definition) is 4. The highest BCUT2D eigenvalue weighted by molar-refractivity contribution is 5.81. The molecular weight excluding hydrogens is 206 g/mol. The molecule has 1 heterocycles. The number of esters is 1. The zero-order valence-electron chi connectivity index (χ0n) is 10.9. The minimum absolute atomic E-state index is 0.0779. The average Bonchev–Trinajstić information content (AvgIpc) is 2.13. The molecule has 1 fully saturated rings. The highest BCUT2D eigenvalue weighted by atomic mass is 16.5. The van der Waals surface area contributed by atoms with E-state index in [0.717, 1.165) is 0 Å². The lowest BCUT2D eigenvalue weighted by atomic mass is 9.83. The van der Waals surface area contributed by atoms with Crippen molar-refractivity contribution in [3.8, 4) is 0 Å². The summed E-state index contributed by atoms with van der Waals surface area (Å²) in [5, 5.41) is 3.35. The van der Waals surface area contributed by atoms with Gasteiger partial charge in [0.25, 0.3) is 0 Å². The minimum Gasteiger partial charge on any atom is -0.468 e. The van der Waals surface area contributed by atoms with Gasteiger partial charge >= 0.3 is 5.97 Å². The van der Waals surface area contributed by atoms with Gasteiger partial charge in [-0.2, -0.15) is 0 Å². The van der Waals surface area contributed by atoms with Crippen LogP contribution in [0.4, 0.5) is 0 Å². The van der Waals surface area contributed by atoms with Gasteiger partial charge in [0, 0.05) is 18.9 Å². The van der Waals surface area contributed by atoms with Gasteiger partial charge in [-0.1, -0.05) is 0 Å². The Morgan fingerprint density at radius 3 is 2.25 bits per heavy atom. The molecule has 4 nitrogen and oxygen atoms in total. The van der Waals surface area contributed by atoms with Gasteiger partial charge in [-0.15, -0.1) is 0 Å². The molecule has 2 atom stereocenters. The molecule has 0 saturated carbocycles. The number of hydrogen-bond donors (Lipinski definition) is 1. The first-order chi connectivity index (χ1) is 7.39. The number of rotatable bonds is 3. The molecule has 1 rings (SSSR count). The lowest BCUT2D eigenvalue weighted by Gasteiger charge is -2.42. The zero-order chi connectivity index (χ0) is 12.3. The van der Waals surface area contributed by atoms with Gasteiger partial charge in [-0.05, 0) is 27.7 Å². The summed E-state index contributed by atoms with van der Waals surface area (Å²) in [6.45, 7) is 8.07. The second-order valence-corrected chi connectivity index (χ2v) is 5.04. The average molecular weight is 229 g/mol. The molecule has 1 saturated heterocycles.